The Bertz CT molecular complexity index is 415. The summed E-state index contributed by atoms with van der Waals surface area (Å²) in [6, 6.07) is 2.28. The summed E-state index contributed by atoms with van der Waals surface area (Å²) < 4.78 is 1.69. The largest absolute Gasteiger partial charge is 0.143 e. The second-order valence-corrected chi connectivity index (χ2v) is 8.02. The van der Waals surface area contributed by atoms with Crippen LogP contribution in [0.5, 0.6) is 0 Å². The van der Waals surface area contributed by atoms with Crippen LogP contribution in [0.3, 0.4) is 0 Å². The third kappa shape index (κ3) is 2.06. The lowest BCUT2D eigenvalue weighted by Gasteiger charge is -2.23. The van der Waals surface area contributed by atoms with Crippen LogP contribution in [0.15, 0.2) is 15.9 Å². The molecule has 0 aliphatic carbocycles. The molecule has 0 saturated carbocycles. The fraction of sp³-hybridized carbons (Fsp3) is 0.500. The van der Waals surface area contributed by atoms with Gasteiger partial charge in [0.2, 0.25) is 0 Å². The van der Waals surface area contributed by atoms with Crippen LogP contribution in [0.1, 0.15) is 31.2 Å². The van der Waals surface area contributed by atoms with Crippen LogP contribution in [0.2, 0.25) is 0 Å². The molecule has 0 fully saturated rings. The second-order valence-electron chi connectivity index (χ2n) is 4.59. The van der Waals surface area contributed by atoms with Crippen molar-refractivity contribution in [3.8, 4) is 0 Å². The Kier molecular flexibility index (Phi) is 3.08. The minimum Gasteiger partial charge on any atom is -0.143 e. The molecule has 0 amide bonds. The van der Waals surface area contributed by atoms with Crippen LogP contribution >= 0.6 is 39.0 Å². The zero-order chi connectivity index (χ0) is 11.2. The highest BCUT2D eigenvalue weighted by molar-refractivity contribution is 9.12. The van der Waals surface area contributed by atoms with Crippen LogP contribution < -0.4 is 0 Å². The predicted molar refractivity (Wildman–Crippen MR) is 75.7 cm³/mol. The number of allylic oxidation sites excluding steroid dienone is 1. The van der Waals surface area contributed by atoms with Gasteiger partial charge in [0, 0.05) is 24.9 Å². The van der Waals surface area contributed by atoms with Gasteiger partial charge in [-0.05, 0) is 37.8 Å². The molecule has 0 bridgehead atoms. The quantitative estimate of drug-likeness (QED) is 0.680. The van der Waals surface area contributed by atoms with E-state index in [2.05, 4.69) is 55.1 Å². The lowest BCUT2D eigenvalue weighted by molar-refractivity contribution is 0.561. The molecule has 1 atom stereocenters. The minimum absolute atomic E-state index is 0.312. The van der Waals surface area contributed by atoms with Gasteiger partial charge in [0.1, 0.15) is 0 Å². The average Bonchev–Trinajstić information content (AvgIpc) is 2.65. The maximum absolute atomic E-state index is 3.76. The van der Waals surface area contributed by atoms with Crippen molar-refractivity contribution >= 4 is 43.9 Å². The first-order valence-electron chi connectivity index (χ1n) is 5.06. The molecule has 0 aromatic carbocycles. The number of thiophene rings is 1. The lowest BCUT2D eigenvalue weighted by Crippen LogP contribution is -2.20. The van der Waals surface area contributed by atoms with Crippen molar-refractivity contribution in [2.45, 2.75) is 32.4 Å². The molecule has 82 valence electrons. The normalized spacial score (nSPS) is 25.0. The van der Waals surface area contributed by atoms with E-state index in [1.165, 1.54) is 19.8 Å². The van der Waals surface area contributed by atoms with Gasteiger partial charge in [0.15, 0.2) is 0 Å². The standard InChI is InChI=1S/C12H15BrS2/c1-7-5-9(14-6-7)11-10(13)8(2)12(3,4)15-11/h5-6,8H,1-4H3. The molecule has 2 rings (SSSR count). The Morgan fingerprint density at radius 2 is 2.07 bits per heavy atom. The summed E-state index contributed by atoms with van der Waals surface area (Å²) in [5.74, 6) is 0.597. The van der Waals surface area contributed by atoms with Crippen molar-refractivity contribution in [1.29, 1.82) is 0 Å². The fourth-order valence-electron chi connectivity index (χ4n) is 1.62. The van der Waals surface area contributed by atoms with Crippen LogP contribution in [-0.2, 0) is 0 Å². The van der Waals surface area contributed by atoms with E-state index in [1.54, 1.807) is 0 Å². The summed E-state index contributed by atoms with van der Waals surface area (Å²) in [5, 5.41) is 2.22. The summed E-state index contributed by atoms with van der Waals surface area (Å²) >= 11 is 7.60. The number of thioether (sulfide) groups is 1. The maximum atomic E-state index is 3.76. The Balaban J connectivity index is 2.39. The van der Waals surface area contributed by atoms with E-state index in [0.717, 1.165) is 0 Å². The molecule has 1 aliphatic heterocycles. The SMILES string of the molecule is Cc1csc(C2=C(Br)C(C)C(C)(C)S2)c1. The van der Waals surface area contributed by atoms with Gasteiger partial charge in [-0.25, -0.2) is 0 Å². The van der Waals surface area contributed by atoms with Crippen LogP contribution in [-0.4, -0.2) is 4.75 Å². The summed E-state index contributed by atoms with van der Waals surface area (Å²) in [7, 11) is 0. The molecule has 1 unspecified atom stereocenters. The van der Waals surface area contributed by atoms with E-state index < -0.39 is 0 Å². The van der Waals surface area contributed by atoms with Gasteiger partial charge in [-0.3, -0.25) is 0 Å². The first kappa shape index (κ1) is 11.7. The molecule has 0 spiro atoms. The smallest absolute Gasteiger partial charge is 0.0417 e. The summed E-state index contributed by atoms with van der Waals surface area (Å²) in [5.41, 5.74) is 1.36. The molecule has 0 saturated heterocycles. The van der Waals surface area contributed by atoms with E-state index in [4.69, 9.17) is 0 Å². The second kappa shape index (κ2) is 3.94. The van der Waals surface area contributed by atoms with Crippen LogP contribution in [0.25, 0.3) is 4.91 Å². The van der Waals surface area contributed by atoms with Gasteiger partial charge in [-0.15, -0.1) is 23.1 Å². The molecule has 2 heterocycles. The molecule has 0 radical (unpaired) electrons. The molecule has 1 aliphatic rings. The van der Waals surface area contributed by atoms with E-state index in [1.807, 2.05) is 23.1 Å². The molecule has 0 N–H and O–H groups in total. The van der Waals surface area contributed by atoms with Gasteiger partial charge in [-0.1, -0.05) is 22.9 Å². The molecular formula is C12H15BrS2. The predicted octanol–water partition coefficient (Wildman–Crippen LogP) is 5.28. The third-order valence-electron chi connectivity index (χ3n) is 2.96. The Labute approximate surface area is 108 Å². The Hall–Kier alpha value is 0.270. The molecule has 0 nitrogen and oxygen atoms in total. The van der Waals surface area contributed by atoms with Crippen molar-refractivity contribution in [3.63, 3.8) is 0 Å². The number of halogens is 1. The maximum Gasteiger partial charge on any atom is 0.0417 e. The van der Waals surface area contributed by atoms with Crippen molar-refractivity contribution in [1.82, 2.24) is 0 Å². The van der Waals surface area contributed by atoms with E-state index in [-0.39, 0.29) is 0 Å². The van der Waals surface area contributed by atoms with Crippen LogP contribution in [0.4, 0.5) is 0 Å². The highest BCUT2D eigenvalue weighted by Gasteiger charge is 2.38. The molecule has 1 aromatic heterocycles. The minimum atomic E-state index is 0.312. The van der Waals surface area contributed by atoms with Crippen molar-refractivity contribution in [2.75, 3.05) is 0 Å². The average molecular weight is 303 g/mol. The molecule has 3 heteroatoms. The van der Waals surface area contributed by atoms with Gasteiger partial charge in [0.25, 0.3) is 0 Å². The van der Waals surface area contributed by atoms with Gasteiger partial charge in [0.05, 0.1) is 0 Å². The van der Waals surface area contributed by atoms with E-state index in [0.29, 0.717) is 10.7 Å². The molecular weight excluding hydrogens is 288 g/mol. The monoisotopic (exact) mass is 302 g/mol. The highest BCUT2D eigenvalue weighted by Crippen LogP contribution is 2.56. The Morgan fingerprint density at radius 1 is 1.40 bits per heavy atom. The summed E-state index contributed by atoms with van der Waals surface area (Å²) in [4.78, 5) is 2.84. The zero-order valence-corrected chi connectivity index (χ0v) is 12.6. The van der Waals surface area contributed by atoms with Crippen molar-refractivity contribution in [3.05, 3.63) is 26.4 Å². The van der Waals surface area contributed by atoms with Gasteiger partial charge < -0.3 is 0 Å². The van der Waals surface area contributed by atoms with Crippen molar-refractivity contribution < 1.29 is 0 Å². The van der Waals surface area contributed by atoms with Gasteiger partial charge in [-0.2, -0.15) is 0 Å². The zero-order valence-electron chi connectivity index (χ0n) is 9.43. The van der Waals surface area contributed by atoms with Gasteiger partial charge >= 0.3 is 0 Å². The van der Waals surface area contributed by atoms with Crippen LogP contribution in [0, 0.1) is 12.8 Å². The first-order chi connectivity index (χ1) is 6.92. The van der Waals surface area contributed by atoms with Crippen molar-refractivity contribution in [2.24, 2.45) is 5.92 Å². The number of hydrogen-bond acceptors (Lipinski definition) is 2. The number of rotatable bonds is 1. The third-order valence-corrected chi connectivity index (χ3v) is 7.02. The highest BCUT2D eigenvalue weighted by atomic mass is 79.9. The van der Waals surface area contributed by atoms with E-state index >= 15 is 0 Å². The first-order valence-corrected chi connectivity index (χ1v) is 7.55. The number of hydrogen-bond donors (Lipinski definition) is 0. The Morgan fingerprint density at radius 3 is 2.47 bits per heavy atom. The topological polar surface area (TPSA) is 0 Å². The lowest BCUT2D eigenvalue weighted by atomic mass is 9.97. The molecule has 1 aromatic rings. The summed E-state index contributed by atoms with van der Waals surface area (Å²) in [6.07, 6.45) is 0. The fourth-order valence-corrected chi connectivity index (χ4v) is 5.31. The number of aryl methyl sites for hydroxylation is 1. The summed E-state index contributed by atoms with van der Waals surface area (Å²) in [6.45, 7) is 9.08. The molecule has 15 heavy (non-hydrogen) atoms. The van der Waals surface area contributed by atoms with E-state index in [9.17, 15) is 0 Å².